The Morgan fingerprint density at radius 2 is 0.720 bits per heavy atom. The fraction of sp³-hybridized carbons (Fsp3) is 0.0870. The van der Waals surface area contributed by atoms with Crippen LogP contribution in [0.15, 0.2) is 170 Å². The molecule has 50 heavy (non-hydrogen) atoms. The third kappa shape index (κ3) is 9.71. The van der Waals surface area contributed by atoms with E-state index in [4.69, 9.17) is 17.0 Å². The average molecular weight is 783 g/mol. The van der Waals surface area contributed by atoms with E-state index in [1.54, 1.807) is 0 Å². The van der Waals surface area contributed by atoms with Gasteiger partial charge in [0.05, 0.1) is 0 Å². The van der Waals surface area contributed by atoms with Gasteiger partial charge in [-0.3, -0.25) is 0 Å². The van der Waals surface area contributed by atoms with Gasteiger partial charge in [0.25, 0.3) is 0 Å². The van der Waals surface area contributed by atoms with Crippen molar-refractivity contribution in [3.63, 3.8) is 0 Å². The second-order valence-corrected chi connectivity index (χ2v) is 16.9. The van der Waals surface area contributed by atoms with Crippen LogP contribution >= 0.6 is 17.0 Å². The predicted octanol–water partition coefficient (Wildman–Crippen LogP) is 14.6. The normalized spacial score (nSPS) is 10.2. The van der Waals surface area contributed by atoms with Gasteiger partial charge in [-0.1, -0.05) is 159 Å². The van der Waals surface area contributed by atoms with Gasteiger partial charge in [-0.15, -0.1) is 69.1 Å². The van der Waals surface area contributed by atoms with Gasteiger partial charge in [0.15, 0.2) is 0 Å². The number of benzene rings is 6. The van der Waals surface area contributed by atoms with Crippen LogP contribution in [-0.4, -0.2) is 9.52 Å². The molecular weight excluding hydrogens is 743 g/mol. The average Bonchev–Trinajstić information content (AvgIpc) is 3.74. The van der Waals surface area contributed by atoms with Crippen LogP contribution in [0, 0.1) is 13.8 Å². The molecule has 0 unspecified atom stereocenters. The molecule has 4 heteroatoms. The molecule has 0 amide bonds. The third-order valence-electron chi connectivity index (χ3n) is 8.40. The fourth-order valence-corrected chi connectivity index (χ4v) is 6.22. The van der Waals surface area contributed by atoms with E-state index in [-0.39, 0.29) is 0 Å². The van der Waals surface area contributed by atoms with Gasteiger partial charge in [-0.25, -0.2) is 0 Å². The molecule has 0 saturated heterocycles. The molecule has 2 radical (unpaired) electrons. The number of aryl methyl sites for hydroxylation is 2. The molecule has 8 aromatic carbocycles. The summed E-state index contributed by atoms with van der Waals surface area (Å²) in [5.74, 6) is 0. The first-order chi connectivity index (χ1) is 24.4. The van der Waals surface area contributed by atoms with Gasteiger partial charge in [-0.05, 0) is 33.4 Å². The van der Waals surface area contributed by atoms with Crippen LogP contribution in [-0.2, 0) is 20.8 Å². The van der Waals surface area contributed by atoms with Crippen LogP contribution in [0.2, 0.25) is 13.1 Å². The number of halogens is 2. The summed E-state index contributed by atoms with van der Waals surface area (Å²) in [6.45, 7) is 8.62. The molecule has 0 atom stereocenters. The molecular formula is C46H40Cl2SiZr. The number of hydrogen-bond acceptors (Lipinski definition) is 0. The Morgan fingerprint density at radius 3 is 1.06 bits per heavy atom. The van der Waals surface area contributed by atoms with Crippen LogP contribution in [0.4, 0.5) is 0 Å². The molecule has 0 saturated carbocycles. The summed E-state index contributed by atoms with van der Waals surface area (Å²) >= 11 is -0.826. The summed E-state index contributed by atoms with van der Waals surface area (Å²) in [7, 11) is 11.0. The molecule has 0 aliphatic rings. The Labute approximate surface area is 319 Å². The van der Waals surface area contributed by atoms with Crippen molar-refractivity contribution in [1.82, 2.24) is 0 Å². The van der Waals surface area contributed by atoms with Crippen LogP contribution < -0.4 is 0 Å². The first-order valence-electron chi connectivity index (χ1n) is 16.6. The second kappa shape index (κ2) is 19.0. The number of fused-ring (bicyclic) bond motifs is 2. The maximum absolute atomic E-state index is 4.93. The van der Waals surface area contributed by atoms with Crippen LogP contribution in [0.1, 0.15) is 11.1 Å². The minimum atomic E-state index is -0.826. The van der Waals surface area contributed by atoms with Crippen molar-refractivity contribution >= 4 is 48.1 Å². The molecule has 246 valence electrons. The van der Waals surface area contributed by atoms with E-state index < -0.39 is 20.8 Å². The standard InChI is InChI=1S/2C22H17.C2H6Si.2ClH.Zr/c2*1-16-14-20-8-5-9-21(22(20)15-16)19-12-10-18(11-13-19)17-6-3-2-4-7-17;1-3-2;;;/h2*2-15H,1H3;1-2H3;2*1H;/q2*-1;;;;+4/p-2. The molecule has 0 aromatic heterocycles. The molecule has 0 aliphatic carbocycles. The molecule has 0 N–H and O–H groups in total. The van der Waals surface area contributed by atoms with Crippen molar-refractivity contribution in [2.75, 3.05) is 0 Å². The zero-order valence-electron chi connectivity index (χ0n) is 28.9. The quantitative estimate of drug-likeness (QED) is 0.123. The monoisotopic (exact) mass is 780 g/mol. The Balaban J connectivity index is 0.000000168. The van der Waals surface area contributed by atoms with Crippen molar-refractivity contribution in [2.24, 2.45) is 0 Å². The molecule has 0 fully saturated rings. The Bertz CT molecular complexity index is 2040. The van der Waals surface area contributed by atoms with Crippen LogP contribution in [0.3, 0.4) is 0 Å². The maximum atomic E-state index is 4.93. The van der Waals surface area contributed by atoms with Crippen LogP contribution in [0.25, 0.3) is 66.1 Å². The van der Waals surface area contributed by atoms with Crippen molar-refractivity contribution in [3.05, 3.63) is 181 Å². The zero-order chi connectivity index (χ0) is 35.3. The van der Waals surface area contributed by atoms with E-state index in [0.29, 0.717) is 0 Å². The fourth-order valence-electron chi connectivity index (χ4n) is 6.22. The summed E-state index contributed by atoms with van der Waals surface area (Å²) in [4.78, 5) is 0. The zero-order valence-corrected chi connectivity index (χ0v) is 33.9. The van der Waals surface area contributed by atoms with E-state index >= 15 is 0 Å². The molecule has 0 heterocycles. The Kier molecular flexibility index (Phi) is 14.2. The second-order valence-electron chi connectivity index (χ2n) is 12.1. The van der Waals surface area contributed by atoms with Gasteiger partial charge >= 0.3 is 37.9 Å². The molecule has 0 aliphatic heterocycles. The molecule has 0 bridgehead atoms. The first-order valence-corrected chi connectivity index (χ1v) is 25.0. The molecule has 8 aromatic rings. The van der Waals surface area contributed by atoms with E-state index in [2.05, 4.69) is 197 Å². The van der Waals surface area contributed by atoms with Crippen molar-refractivity contribution in [1.29, 1.82) is 0 Å². The van der Waals surface area contributed by atoms with Crippen molar-refractivity contribution < 1.29 is 20.8 Å². The van der Waals surface area contributed by atoms with Gasteiger partial charge in [0, 0.05) is 9.52 Å². The SMILES string of the molecule is C[Si]C.Cc1cc2c(-c3ccc(-c4ccccc4)cc3)cccc2[cH-]1.Cc1cc2c(-c3ccc(-c4ccccc4)cc3)cccc2[cH-]1.[Cl][Zr+2][Cl]. The van der Waals surface area contributed by atoms with Gasteiger partial charge < -0.3 is 0 Å². The predicted molar refractivity (Wildman–Crippen MR) is 219 cm³/mol. The van der Waals surface area contributed by atoms with Crippen molar-refractivity contribution in [2.45, 2.75) is 26.9 Å². The topological polar surface area (TPSA) is 0 Å². The van der Waals surface area contributed by atoms with E-state index in [1.165, 1.54) is 77.2 Å². The Morgan fingerprint density at radius 1 is 0.420 bits per heavy atom. The van der Waals surface area contributed by atoms with E-state index in [0.717, 1.165) is 9.52 Å². The summed E-state index contributed by atoms with van der Waals surface area (Å²) in [5, 5.41) is 5.32. The minimum absolute atomic E-state index is 0.826. The van der Waals surface area contributed by atoms with E-state index in [9.17, 15) is 0 Å². The molecule has 0 spiro atoms. The summed E-state index contributed by atoms with van der Waals surface area (Å²) in [6.07, 6.45) is 0. The summed E-state index contributed by atoms with van der Waals surface area (Å²) in [6, 6.07) is 60.8. The van der Waals surface area contributed by atoms with E-state index in [1.807, 2.05) is 0 Å². The number of rotatable bonds is 4. The molecule has 8 rings (SSSR count). The van der Waals surface area contributed by atoms with Crippen LogP contribution in [0.5, 0.6) is 0 Å². The first kappa shape index (κ1) is 37.5. The molecule has 0 nitrogen and oxygen atoms in total. The number of hydrogen-bond donors (Lipinski definition) is 0. The van der Waals surface area contributed by atoms with Gasteiger partial charge in [0.2, 0.25) is 0 Å². The van der Waals surface area contributed by atoms with Gasteiger partial charge in [0.1, 0.15) is 0 Å². The van der Waals surface area contributed by atoms with Gasteiger partial charge in [-0.2, -0.15) is 12.1 Å². The van der Waals surface area contributed by atoms with Crippen molar-refractivity contribution in [3.8, 4) is 44.5 Å². The third-order valence-corrected chi connectivity index (χ3v) is 8.40. The summed E-state index contributed by atoms with van der Waals surface area (Å²) < 4.78 is 0. The summed E-state index contributed by atoms with van der Waals surface area (Å²) in [5.41, 5.74) is 12.9. The Hall–Kier alpha value is -3.78.